The highest BCUT2D eigenvalue weighted by molar-refractivity contribution is 5.41. The lowest BCUT2D eigenvalue weighted by molar-refractivity contribution is 0.947. The predicted molar refractivity (Wildman–Crippen MR) is 49.4 cm³/mol. The van der Waals surface area contributed by atoms with Gasteiger partial charge in [0.05, 0.1) is 11.9 Å². The van der Waals surface area contributed by atoms with Crippen LogP contribution in [0.15, 0.2) is 29.7 Å². The number of aromatic nitrogens is 2. The molecule has 0 amide bonds. The predicted octanol–water partition coefficient (Wildman–Crippen LogP) is 1.91. The topological polar surface area (TPSA) is 46.7 Å². The summed E-state index contributed by atoms with van der Waals surface area (Å²) in [6.07, 6.45) is 3.62. The van der Waals surface area contributed by atoms with Crippen LogP contribution in [-0.4, -0.2) is 9.38 Å². The summed E-state index contributed by atoms with van der Waals surface area (Å²) in [5, 5.41) is 2.85. The minimum Gasteiger partial charge on any atom is -0.302 e. The van der Waals surface area contributed by atoms with Gasteiger partial charge < -0.3 is 4.40 Å². The molecule has 2 rings (SSSR count). The molecule has 13 heavy (non-hydrogen) atoms. The molecule has 0 radical (unpaired) electrons. The molecule has 66 valence electrons. The molecule has 2 heterocycles. The smallest absolute Gasteiger partial charge is 0.136 e. The molecule has 0 N–H and O–H groups in total. The van der Waals surface area contributed by atoms with Crippen molar-refractivity contribution in [2.45, 2.75) is 13.5 Å². The monoisotopic (exact) mass is 175 g/mol. The van der Waals surface area contributed by atoms with Crippen molar-refractivity contribution in [1.29, 1.82) is 0 Å². The Bertz CT molecular complexity index is 447. The number of hydrogen-bond acceptors (Lipinski definition) is 3. The Hall–Kier alpha value is -1.71. The quantitative estimate of drug-likeness (QED) is 0.654. The van der Waals surface area contributed by atoms with Crippen LogP contribution in [0.25, 0.3) is 5.65 Å². The molecule has 0 atom stereocenters. The fourth-order valence-electron chi connectivity index (χ4n) is 1.32. The van der Waals surface area contributed by atoms with Crippen molar-refractivity contribution in [3.05, 3.63) is 40.7 Å². The van der Waals surface area contributed by atoms with E-state index in [2.05, 4.69) is 10.2 Å². The molecule has 4 nitrogen and oxygen atoms in total. The van der Waals surface area contributed by atoms with Gasteiger partial charge >= 0.3 is 0 Å². The zero-order chi connectivity index (χ0) is 9.26. The van der Waals surface area contributed by atoms with Crippen LogP contribution in [0.2, 0.25) is 0 Å². The average molecular weight is 175 g/mol. The fourth-order valence-corrected chi connectivity index (χ4v) is 1.32. The average Bonchev–Trinajstić information content (AvgIpc) is 2.49. The van der Waals surface area contributed by atoms with E-state index in [0.29, 0.717) is 0 Å². The van der Waals surface area contributed by atoms with Crippen molar-refractivity contribution in [2.24, 2.45) is 5.18 Å². The van der Waals surface area contributed by atoms with Crippen LogP contribution in [0.5, 0.6) is 0 Å². The highest BCUT2D eigenvalue weighted by atomic mass is 16.3. The maximum Gasteiger partial charge on any atom is 0.136 e. The Kier molecular flexibility index (Phi) is 1.81. The maximum atomic E-state index is 10.1. The first kappa shape index (κ1) is 7.91. The van der Waals surface area contributed by atoms with Crippen LogP contribution in [-0.2, 0) is 6.54 Å². The first-order valence-corrected chi connectivity index (χ1v) is 4.03. The van der Waals surface area contributed by atoms with Gasteiger partial charge in [0, 0.05) is 6.20 Å². The molecule has 0 aliphatic rings. The second-order valence-corrected chi connectivity index (χ2v) is 2.97. The van der Waals surface area contributed by atoms with E-state index >= 15 is 0 Å². The second-order valence-electron chi connectivity index (χ2n) is 2.97. The lowest BCUT2D eigenvalue weighted by Crippen LogP contribution is -1.91. The molecule has 0 saturated carbocycles. The van der Waals surface area contributed by atoms with E-state index in [1.165, 1.54) is 0 Å². The van der Waals surface area contributed by atoms with Crippen LogP contribution in [0.1, 0.15) is 11.3 Å². The summed E-state index contributed by atoms with van der Waals surface area (Å²) in [4.78, 5) is 14.3. The molecule has 0 aliphatic carbocycles. The van der Waals surface area contributed by atoms with Gasteiger partial charge in [-0.05, 0) is 18.6 Å². The number of aryl methyl sites for hydroxylation is 1. The largest absolute Gasteiger partial charge is 0.302 e. The molecule has 4 heteroatoms. The lowest BCUT2D eigenvalue weighted by atomic mass is 10.3. The molecule has 0 aromatic carbocycles. The third-order valence-corrected chi connectivity index (χ3v) is 1.96. The van der Waals surface area contributed by atoms with E-state index in [4.69, 9.17) is 0 Å². The van der Waals surface area contributed by atoms with E-state index in [1.807, 2.05) is 29.7 Å². The van der Waals surface area contributed by atoms with Crippen LogP contribution in [0, 0.1) is 11.8 Å². The van der Waals surface area contributed by atoms with Crippen molar-refractivity contribution in [3.63, 3.8) is 0 Å². The van der Waals surface area contributed by atoms with Crippen molar-refractivity contribution in [1.82, 2.24) is 9.38 Å². The molecular formula is C9H9N3O. The number of pyridine rings is 1. The van der Waals surface area contributed by atoms with Crippen molar-refractivity contribution in [2.75, 3.05) is 0 Å². The first-order valence-electron chi connectivity index (χ1n) is 4.03. The maximum absolute atomic E-state index is 10.1. The van der Waals surface area contributed by atoms with Gasteiger partial charge in [-0.25, -0.2) is 4.98 Å². The van der Waals surface area contributed by atoms with E-state index in [-0.39, 0.29) is 6.54 Å². The molecule has 2 aromatic rings. The lowest BCUT2D eigenvalue weighted by Gasteiger charge is -1.98. The molecule has 0 fully saturated rings. The standard InChI is InChI=1S/C9H9N3O/c1-7-2-3-9-10-4-8(5-11-13)12(9)6-7/h2-4,6H,5H2,1H3. The summed E-state index contributed by atoms with van der Waals surface area (Å²) >= 11 is 0. The number of nitroso groups, excluding NO2 is 1. The van der Waals surface area contributed by atoms with Gasteiger partial charge in [0.25, 0.3) is 0 Å². The van der Waals surface area contributed by atoms with Gasteiger partial charge in [-0.3, -0.25) is 0 Å². The summed E-state index contributed by atoms with van der Waals surface area (Å²) in [5.41, 5.74) is 2.82. The van der Waals surface area contributed by atoms with E-state index in [9.17, 15) is 4.91 Å². The highest BCUT2D eigenvalue weighted by Gasteiger charge is 2.01. The minimum absolute atomic E-state index is 0.171. The minimum atomic E-state index is 0.171. The number of hydrogen-bond donors (Lipinski definition) is 0. The van der Waals surface area contributed by atoms with Gasteiger partial charge in [-0.15, -0.1) is 0 Å². The Morgan fingerprint density at radius 3 is 3.15 bits per heavy atom. The molecule has 0 unspecified atom stereocenters. The molecule has 2 aromatic heterocycles. The summed E-state index contributed by atoms with van der Waals surface area (Å²) in [7, 11) is 0. The van der Waals surface area contributed by atoms with Crippen LogP contribution >= 0.6 is 0 Å². The fraction of sp³-hybridized carbons (Fsp3) is 0.222. The third kappa shape index (κ3) is 1.30. The second kappa shape index (κ2) is 2.97. The van der Waals surface area contributed by atoms with Gasteiger partial charge in [-0.2, -0.15) is 4.91 Å². The summed E-state index contributed by atoms with van der Waals surface area (Å²) in [6, 6.07) is 3.91. The van der Waals surface area contributed by atoms with Crippen molar-refractivity contribution < 1.29 is 0 Å². The SMILES string of the molecule is Cc1ccc2ncc(CN=O)n2c1. The van der Waals surface area contributed by atoms with Gasteiger partial charge in [0.1, 0.15) is 12.2 Å². The Labute approximate surface area is 75.2 Å². The van der Waals surface area contributed by atoms with Gasteiger partial charge in [-0.1, -0.05) is 11.2 Å². The number of fused-ring (bicyclic) bond motifs is 1. The van der Waals surface area contributed by atoms with Gasteiger partial charge in [0.15, 0.2) is 0 Å². The Morgan fingerprint density at radius 2 is 2.38 bits per heavy atom. The van der Waals surface area contributed by atoms with Crippen molar-refractivity contribution in [3.8, 4) is 0 Å². The third-order valence-electron chi connectivity index (χ3n) is 1.96. The zero-order valence-corrected chi connectivity index (χ0v) is 7.27. The van der Waals surface area contributed by atoms with Crippen LogP contribution in [0.3, 0.4) is 0 Å². The Morgan fingerprint density at radius 1 is 1.54 bits per heavy atom. The van der Waals surface area contributed by atoms with E-state index in [0.717, 1.165) is 16.9 Å². The van der Waals surface area contributed by atoms with E-state index in [1.54, 1.807) is 6.20 Å². The van der Waals surface area contributed by atoms with Crippen LogP contribution < -0.4 is 0 Å². The molecule has 0 bridgehead atoms. The summed E-state index contributed by atoms with van der Waals surface area (Å²) in [5.74, 6) is 0. The number of rotatable bonds is 2. The van der Waals surface area contributed by atoms with Crippen LogP contribution in [0.4, 0.5) is 0 Å². The molecule has 0 saturated heterocycles. The number of nitrogens with zero attached hydrogens (tertiary/aromatic N) is 3. The first-order chi connectivity index (χ1) is 6.31. The molecular weight excluding hydrogens is 166 g/mol. The number of imidazole rings is 1. The Balaban J connectivity index is 2.64. The molecule has 0 spiro atoms. The van der Waals surface area contributed by atoms with Gasteiger partial charge in [0.2, 0.25) is 0 Å². The summed E-state index contributed by atoms with van der Waals surface area (Å²) in [6.45, 7) is 2.17. The summed E-state index contributed by atoms with van der Waals surface area (Å²) < 4.78 is 1.89. The highest BCUT2D eigenvalue weighted by Crippen LogP contribution is 2.09. The van der Waals surface area contributed by atoms with Crippen molar-refractivity contribution >= 4 is 5.65 Å². The molecule has 0 aliphatic heterocycles. The zero-order valence-electron chi connectivity index (χ0n) is 7.27. The van der Waals surface area contributed by atoms with E-state index < -0.39 is 0 Å². The normalized spacial score (nSPS) is 10.5.